The molecule has 0 saturated carbocycles. The molecule has 98 valence electrons. The third-order valence-corrected chi connectivity index (χ3v) is 3.44. The molecular weight excluding hydrogens is 311 g/mol. The maximum absolute atomic E-state index is 13.8. The summed E-state index contributed by atoms with van der Waals surface area (Å²) in [5.41, 5.74) is 0.525. The lowest BCUT2D eigenvalue weighted by Crippen LogP contribution is -2.32. The summed E-state index contributed by atoms with van der Waals surface area (Å²) < 4.78 is 40.0. The van der Waals surface area contributed by atoms with Gasteiger partial charge in [-0.05, 0) is 40.5 Å². The van der Waals surface area contributed by atoms with Crippen LogP contribution >= 0.6 is 15.9 Å². The van der Waals surface area contributed by atoms with E-state index in [1.54, 1.807) is 6.92 Å². The van der Waals surface area contributed by atoms with E-state index in [1.165, 1.54) is 12.1 Å². The average Bonchev–Trinajstić information content (AvgIpc) is 2.63. The van der Waals surface area contributed by atoms with Crippen LogP contribution in [0.25, 0.3) is 0 Å². The van der Waals surface area contributed by atoms with Crippen molar-refractivity contribution < 1.29 is 18.0 Å². The number of hydrogen-bond donors (Lipinski definition) is 0. The van der Waals surface area contributed by atoms with Crippen LogP contribution in [0.2, 0.25) is 0 Å². The molecule has 0 atom stereocenters. The first-order valence-electron chi connectivity index (χ1n) is 5.43. The van der Waals surface area contributed by atoms with Gasteiger partial charge in [0, 0.05) is 13.0 Å². The summed E-state index contributed by atoms with van der Waals surface area (Å²) in [4.78, 5) is 13.0. The second kappa shape index (κ2) is 4.57. The number of aryl methyl sites for hydroxylation is 1. The summed E-state index contributed by atoms with van der Waals surface area (Å²) in [6.07, 6.45) is -0.368. The molecule has 0 aromatic heterocycles. The molecular formula is C12H11BrF3NO. The monoisotopic (exact) mass is 321 g/mol. The molecule has 1 amide bonds. The van der Waals surface area contributed by atoms with E-state index >= 15 is 0 Å². The summed E-state index contributed by atoms with van der Waals surface area (Å²) in [5, 5.41) is 0. The van der Waals surface area contributed by atoms with Crippen LogP contribution in [-0.2, 0) is 0 Å². The number of benzene rings is 1. The maximum atomic E-state index is 13.8. The molecule has 1 aliphatic heterocycles. The van der Waals surface area contributed by atoms with Gasteiger partial charge in [0.2, 0.25) is 0 Å². The second-order valence-electron chi connectivity index (χ2n) is 4.44. The Bertz CT molecular complexity index is 504. The van der Waals surface area contributed by atoms with E-state index in [1.807, 2.05) is 0 Å². The molecule has 1 saturated heterocycles. The molecule has 0 unspecified atom stereocenters. The van der Waals surface area contributed by atoms with E-state index in [4.69, 9.17) is 0 Å². The van der Waals surface area contributed by atoms with Gasteiger partial charge in [-0.15, -0.1) is 0 Å². The first-order valence-corrected chi connectivity index (χ1v) is 6.22. The van der Waals surface area contributed by atoms with Crippen molar-refractivity contribution >= 4 is 21.8 Å². The molecule has 0 aliphatic carbocycles. The highest BCUT2D eigenvalue weighted by molar-refractivity contribution is 9.10. The highest BCUT2D eigenvalue weighted by Gasteiger charge is 2.41. The van der Waals surface area contributed by atoms with Crippen LogP contribution in [0.3, 0.4) is 0 Å². The topological polar surface area (TPSA) is 20.3 Å². The van der Waals surface area contributed by atoms with Gasteiger partial charge in [0.1, 0.15) is 5.82 Å². The van der Waals surface area contributed by atoms with Gasteiger partial charge in [-0.1, -0.05) is 0 Å². The number of alkyl halides is 2. The first kappa shape index (κ1) is 13.4. The molecule has 18 heavy (non-hydrogen) atoms. The molecule has 1 aromatic rings. The summed E-state index contributed by atoms with van der Waals surface area (Å²) >= 11 is 3.00. The van der Waals surface area contributed by atoms with Crippen molar-refractivity contribution in [1.82, 2.24) is 4.90 Å². The Balaban J connectivity index is 2.30. The number of hydrogen-bond acceptors (Lipinski definition) is 1. The molecule has 1 aromatic carbocycles. The third-order valence-electron chi connectivity index (χ3n) is 2.86. The van der Waals surface area contributed by atoms with Crippen molar-refractivity contribution in [2.24, 2.45) is 0 Å². The van der Waals surface area contributed by atoms with Crippen LogP contribution in [-0.4, -0.2) is 29.8 Å². The number of rotatable bonds is 1. The zero-order chi connectivity index (χ0) is 13.5. The van der Waals surface area contributed by atoms with E-state index in [0.717, 1.165) is 4.90 Å². The highest BCUT2D eigenvalue weighted by atomic mass is 79.9. The summed E-state index contributed by atoms with van der Waals surface area (Å²) in [5.74, 6) is -4.26. The lowest BCUT2D eigenvalue weighted by molar-refractivity contribution is 0.0119. The van der Waals surface area contributed by atoms with Gasteiger partial charge in [-0.2, -0.15) is 0 Å². The van der Waals surface area contributed by atoms with Crippen LogP contribution in [0.4, 0.5) is 13.2 Å². The summed E-state index contributed by atoms with van der Waals surface area (Å²) in [6.45, 7) is 1.02. The van der Waals surface area contributed by atoms with Gasteiger partial charge >= 0.3 is 0 Å². The fourth-order valence-electron chi connectivity index (χ4n) is 1.96. The number of carbonyl (C=O) groups is 1. The summed E-state index contributed by atoms with van der Waals surface area (Å²) in [6, 6.07) is 2.91. The van der Waals surface area contributed by atoms with Crippen molar-refractivity contribution in [3.05, 3.63) is 33.5 Å². The van der Waals surface area contributed by atoms with E-state index < -0.39 is 24.2 Å². The third kappa shape index (κ3) is 2.53. The zero-order valence-corrected chi connectivity index (χ0v) is 11.2. The number of nitrogens with zero attached hydrogens (tertiary/aromatic N) is 1. The first-order chi connectivity index (χ1) is 8.30. The Labute approximate surface area is 111 Å². The maximum Gasteiger partial charge on any atom is 0.267 e. The standard InChI is InChI=1S/C12H11BrF3NO/c1-7-4-8(10(14)9(13)5-7)11(18)17-3-2-12(15,16)6-17/h4-5H,2-3,6H2,1H3. The van der Waals surface area contributed by atoms with Crippen molar-refractivity contribution in [2.75, 3.05) is 13.1 Å². The Kier molecular flexibility index (Phi) is 3.40. The minimum Gasteiger partial charge on any atom is -0.332 e. The summed E-state index contributed by atoms with van der Waals surface area (Å²) in [7, 11) is 0. The molecule has 2 nitrogen and oxygen atoms in total. The van der Waals surface area contributed by atoms with Gasteiger partial charge in [0.05, 0.1) is 16.6 Å². The van der Waals surface area contributed by atoms with Crippen LogP contribution < -0.4 is 0 Å². The van der Waals surface area contributed by atoms with E-state index in [0.29, 0.717) is 5.56 Å². The lowest BCUT2D eigenvalue weighted by atomic mass is 10.1. The quantitative estimate of drug-likeness (QED) is 0.776. The molecule has 1 aliphatic rings. The smallest absolute Gasteiger partial charge is 0.267 e. The Morgan fingerprint density at radius 1 is 1.44 bits per heavy atom. The molecule has 1 fully saturated rings. The fraction of sp³-hybridized carbons (Fsp3) is 0.417. The van der Waals surface area contributed by atoms with Gasteiger partial charge in [0.25, 0.3) is 11.8 Å². The predicted molar refractivity (Wildman–Crippen MR) is 64.3 cm³/mol. The highest BCUT2D eigenvalue weighted by Crippen LogP contribution is 2.29. The zero-order valence-electron chi connectivity index (χ0n) is 9.64. The normalized spacial score (nSPS) is 18.2. The Morgan fingerprint density at radius 3 is 2.67 bits per heavy atom. The number of amides is 1. The fourth-order valence-corrected chi connectivity index (χ4v) is 2.53. The van der Waals surface area contributed by atoms with Gasteiger partial charge < -0.3 is 4.90 Å². The molecule has 0 bridgehead atoms. The number of halogens is 4. The number of carbonyl (C=O) groups excluding carboxylic acids is 1. The largest absolute Gasteiger partial charge is 0.332 e. The molecule has 6 heteroatoms. The van der Waals surface area contributed by atoms with Crippen molar-refractivity contribution in [3.8, 4) is 0 Å². The van der Waals surface area contributed by atoms with Crippen LogP contribution in [0, 0.1) is 12.7 Å². The van der Waals surface area contributed by atoms with Gasteiger partial charge in [-0.25, -0.2) is 13.2 Å². The SMILES string of the molecule is Cc1cc(Br)c(F)c(C(=O)N2CCC(F)(F)C2)c1. The molecule has 0 N–H and O–H groups in total. The van der Waals surface area contributed by atoms with Crippen molar-refractivity contribution in [1.29, 1.82) is 0 Å². The molecule has 0 spiro atoms. The van der Waals surface area contributed by atoms with E-state index in [2.05, 4.69) is 15.9 Å². The van der Waals surface area contributed by atoms with Crippen LogP contribution in [0.5, 0.6) is 0 Å². The molecule has 2 rings (SSSR count). The second-order valence-corrected chi connectivity index (χ2v) is 5.30. The molecule has 0 radical (unpaired) electrons. The average molecular weight is 322 g/mol. The predicted octanol–water partition coefficient (Wildman–Crippen LogP) is 3.38. The van der Waals surface area contributed by atoms with Crippen LogP contribution in [0.15, 0.2) is 16.6 Å². The minimum absolute atomic E-state index is 0.0448. The Hall–Kier alpha value is -1.04. The van der Waals surface area contributed by atoms with E-state index in [-0.39, 0.29) is 23.0 Å². The van der Waals surface area contributed by atoms with Crippen molar-refractivity contribution in [3.63, 3.8) is 0 Å². The minimum atomic E-state index is -2.87. The lowest BCUT2D eigenvalue weighted by Gasteiger charge is -2.17. The van der Waals surface area contributed by atoms with Crippen LogP contribution in [0.1, 0.15) is 22.3 Å². The van der Waals surface area contributed by atoms with Gasteiger partial charge in [-0.3, -0.25) is 4.79 Å². The van der Waals surface area contributed by atoms with E-state index in [9.17, 15) is 18.0 Å². The Morgan fingerprint density at radius 2 is 2.11 bits per heavy atom. The number of likely N-dealkylation sites (tertiary alicyclic amines) is 1. The van der Waals surface area contributed by atoms with Gasteiger partial charge in [0.15, 0.2) is 0 Å². The molecule has 1 heterocycles. The van der Waals surface area contributed by atoms with Crippen molar-refractivity contribution in [2.45, 2.75) is 19.3 Å².